The van der Waals surface area contributed by atoms with Crippen LogP contribution in [0.4, 0.5) is 0 Å². The quantitative estimate of drug-likeness (QED) is 0.0526. The van der Waals surface area contributed by atoms with E-state index in [0.29, 0.717) is 0 Å². The Kier molecular flexibility index (Phi) is 34.1. The molecule has 0 spiro atoms. The molecule has 0 saturated carbocycles. The molecule has 44 heavy (non-hydrogen) atoms. The Hall–Kier alpha value is -0.0800. The van der Waals surface area contributed by atoms with Gasteiger partial charge in [-0.25, -0.2) is 0 Å². The van der Waals surface area contributed by atoms with E-state index in [9.17, 15) is 0 Å². The van der Waals surface area contributed by atoms with Crippen LogP contribution < -0.4 is 0 Å². The zero-order chi connectivity index (χ0) is 31.4. The third kappa shape index (κ3) is 30.6. The van der Waals surface area contributed by atoms with Gasteiger partial charge in [0.1, 0.15) is 0 Å². The normalized spacial score (nSPS) is 11.5. The first-order chi connectivity index (χ1) is 21.9. The predicted octanol–water partition coefficient (Wildman–Crippen LogP) is 16.2. The molecule has 0 heterocycles. The van der Waals surface area contributed by atoms with Crippen molar-refractivity contribution in [2.45, 2.75) is 229 Å². The highest BCUT2D eigenvalue weighted by molar-refractivity contribution is 8.00. The van der Waals surface area contributed by atoms with Crippen LogP contribution in [0.15, 0.2) is 28.0 Å². The number of hydrogen-bond acceptors (Lipinski definition) is 2. The molecular weight excluding hydrogens is 569 g/mol. The molecule has 0 saturated heterocycles. The van der Waals surface area contributed by atoms with Crippen LogP contribution >= 0.6 is 23.5 Å². The van der Waals surface area contributed by atoms with Crippen LogP contribution in [0.2, 0.25) is 0 Å². The summed E-state index contributed by atoms with van der Waals surface area (Å²) >= 11 is 4.08. The summed E-state index contributed by atoms with van der Waals surface area (Å²) in [6.07, 6.45) is 46.2. The van der Waals surface area contributed by atoms with Crippen molar-refractivity contribution in [3.63, 3.8) is 0 Å². The van der Waals surface area contributed by atoms with E-state index >= 15 is 0 Å². The van der Waals surface area contributed by atoms with E-state index in [4.69, 9.17) is 0 Å². The van der Waals surface area contributed by atoms with Crippen LogP contribution in [0.5, 0.6) is 0 Å². The zero-order valence-electron chi connectivity index (χ0n) is 30.1. The van der Waals surface area contributed by atoms with Crippen molar-refractivity contribution < 1.29 is 0 Å². The van der Waals surface area contributed by atoms with Gasteiger partial charge in [-0.2, -0.15) is 0 Å². The number of thioether (sulfide) groups is 2. The Bertz CT molecular complexity index is 618. The molecule has 1 radical (unpaired) electrons. The lowest BCUT2D eigenvalue weighted by molar-refractivity contribution is 0.531. The van der Waals surface area contributed by atoms with Crippen LogP contribution in [0.1, 0.15) is 219 Å². The van der Waals surface area contributed by atoms with Crippen LogP contribution in [0.3, 0.4) is 0 Å². The second-order valence-corrected chi connectivity index (χ2v) is 16.0. The van der Waals surface area contributed by atoms with Crippen molar-refractivity contribution >= 4 is 23.5 Å². The SMILES string of the molecule is CCCCCCCCCCCCCCCCCCSc1c[c]cc(SCCCCCCCCCCCCCCCCCC)c1. The van der Waals surface area contributed by atoms with E-state index in [0.717, 1.165) is 0 Å². The lowest BCUT2D eigenvalue weighted by Gasteiger charge is -2.06. The van der Waals surface area contributed by atoms with Crippen LogP contribution in [-0.2, 0) is 0 Å². The average molecular weight is 646 g/mol. The van der Waals surface area contributed by atoms with E-state index in [2.05, 4.69) is 38.1 Å². The average Bonchev–Trinajstić information content (AvgIpc) is 3.04. The molecule has 0 N–H and O–H groups in total. The summed E-state index contributed by atoms with van der Waals surface area (Å²) < 4.78 is 0. The summed E-state index contributed by atoms with van der Waals surface area (Å²) in [5, 5.41) is 0. The molecule has 257 valence electrons. The first kappa shape index (κ1) is 41.9. The lowest BCUT2D eigenvalue weighted by atomic mass is 10.0. The van der Waals surface area contributed by atoms with Gasteiger partial charge in [0, 0.05) is 9.79 Å². The molecule has 0 unspecified atom stereocenters. The van der Waals surface area contributed by atoms with Gasteiger partial charge >= 0.3 is 0 Å². The Balaban J connectivity index is 1.83. The molecule has 0 nitrogen and oxygen atoms in total. The fourth-order valence-corrected chi connectivity index (χ4v) is 8.24. The lowest BCUT2D eigenvalue weighted by Crippen LogP contribution is -1.86. The molecule has 0 fully saturated rings. The summed E-state index contributed by atoms with van der Waals surface area (Å²) in [6, 6.07) is 10.2. The minimum Gasteiger partial charge on any atom is -0.126 e. The van der Waals surface area contributed by atoms with E-state index in [1.165, 1.54) is 227 Å². The summed E-state index contributed by atoms with van der Waals surface area (Å²) in [5.74, 6) is 2.53. The molecule has 0 amide bonds. The molecule has 1 aromatic rings. The minimum absolute atomic E-state index is 1.26. The maximum atomic E-state index is 3.40. The Morgan fingerprint density at radius 2 is 0.568 bits per heavy atom. The van der Waals surface area contributed by atoms with Gasteiger partial charge in [-0.3, -0.25) is 0 Å². The maximum Gasteiger partial charge on any atom is 0.00892 e. The highest BCUT2D eigenvalue weighted by Gasteiger charge is 2.01. The molecule has 0 aliphatic carbocycles. The number of rotatable bonds is 36. The van der Waals surface area contributed by atoms with Crippen molar-refractivity contribution in [3.8, 4) is 0 Å². The van der Waals surface area contributed by atoms with Gasteiger partial charge in [0.2, 0.25) is 0 Å². The van der Waals surface area contributed by atoms with Crippen LogP contribution in [0.25, 0.3) is 0 Å². The molecule has 0 atom stereocenters. The second kappa shape index (κ2) is 35.8. The van der Waals surface area contributed by atoms with Gasteiger partial charge in [0.05, 0.1) is 0 Å². The van der Waals surface area contributed by atoms with Crippen molar-refractivity contribution in [3.05, 3.63) is 24.3 Å². The largest absolute Gasteiger partial charge is 0.126 e. The fourth-order valence-electron chi connectivity index (χ4n) is 6.28. The summed E-state index contributed by atoms with van der Waals surface area (Å²) in [7, 11) is 0. The van der Waals surface area contributed by atoms with Crippen LogP contribution in [-0.4, -0.2) is 11.5 Å². The first-order valence-electron chi connectivity index (χ1n) is 20.1. The highest BCUT2D eigenvalue weighted by Crippen LogP contribution is 2.27. The van der Waals surface area contributed by atoms with E-state index in [1.54, 1.807) is 0 Å². The van der Waals surface area contributed by atoms with E-state index < -0.39 is 0 Å². The van der Waals surface area contributed by atoms with Gasteiger partial charge in [-0.05, 0) is 48.6 Å². The van der Waals surface area contributed by atoms with Gasteiger partial charge < -0.3 is 0 Å². The van der Waals surface area contributed by atoms with Crippen molar-refractivity contribution in [2.75, 3.05) is 11.5 Å². The third-order valence-electron chi connectivity index (χ3n) is 9.27. The predicted molar refractivity (Wildman–Crippen MR) is 206 cm³/mol. The van der Waals surface area contributed by atoms with Gasteiger partial charge in [-0.1, -0.05) is 206 Å². The summed E-state index contributed by atoms with van der Waals surface area (Å²) in [4.78, 5) is 2.84. The smallest absolute Gasteiger partial charge is 0.00892 e. The molecule has 0 bridgehead atoms. The molecule has 2 heteroatoms. The second-order valence-electron chi connectivity index (χ2n) is 13.7. The number of unbranched alkanes of at least 4 members (excludes halogenated alkanes) is 30. The fraction of sp³-hybridized carbons (Fsp3) is 0.857. The molecule has 0 aromatic heterocycles. The van der Waals surface area contributed by atoms with E-state index in [-0.39, 0.29) is 0 Å². The minimum atomic E-state index is 1.26. The topological polar surface area (TPSA) is 0 Å². The Morgan fingerprint density at radius 3 is 0.818 bits per heavy atom. The number of hydrogen-bond donors (Lipinski definition) is 0. The molecule has 1 aromatic carbocycles. The molecule has 1 rings (SSSR count). The number of benzene rings is 1. The Labute approximate surface area is 287 Å². The van der Waals surface area contributed by atoms with Crippen molar-refractivity contribution in [1.82, 2.24) is 0 Å². The molecule has 0 aliphatic heterocycles. The summed E-state index contributed by atoms with van der Waals surface area (Å²) in [5.41, 5.74) is 0. The molecular formula is C42H77S2. The maximum absolute atomic E-state index is 3.40. The van der Waals surface area contributed by atoms with Gasteiger partial charge in [-0.15, -0.1) is 23.5 Å². The standard InChI is InChI=1S/C42H77S2/c1-3-5-7-9-11-13-15-17-19-21-23-25-27-29-31-33-38-43-41-36-35-37-42(40-41)44-39-34-32-30-28-26-24-22-20-18-16-14-12-10-8-6-4-2/h36-37,40H,3-34,38-39H2,1-2H3. The van der Waals surface area contributed by atoms with Crippen molar-refractivity contribution in [1.29, 1.82) is 0 Å². The Morgan fingerprint density at radius 1 is 0.341 bits per heavy atom. The first-order valence-corrected chi connectivity index (χ1v) is 22.1. The zero-order valence-corrected chi connectivity index (χ0v) is 31.7. The summed E-state index contributed by atoms with van der Waals surface area (Å²) in [6.45, 7) is 4.61. The van der Waals surface area contributed by atoms with Crippen LogP contribution in [0, 0.1) is 6.07 Å². The monoisotopic (exact) mass is 646 g/mol. The van der Waals surface area contributed by atoms with Crippen molar-refractivity contribution in [2.24, 2.45) is 0 Å². The third-order valence-corrected chi connectivity index (χ3v) is 11.4. The van der Waals surface area contributed by atoms with E-state index in [1.807, 2.05) is 23.5 Å². The van der Waals surface area contributed by atoms with Gasteiger partial charge in [0.15, 0.2) is 0 Å². The van der Waals surface area contributed by atoms with Gasteiger partial charge in [0.25, 0.3) is 0 Å². The highest BCUT2D eigenvalue weighted by atomic mass is 32.2. The molecule has 0 aliphatic rings.